The normalized spacial score (nSPS) is 10.6. The number of carbonyl (C=O) groups excluding carboxylic acids is 1. The van der Waals surface area contributed by atoms with Crippen molar-refractivity contribution in [1.82, 2.24) is 0 Å². The molecule has 104 valence electrons. The number of hydrogen-bond donors (Lipinski definition) is 0. The van der Waals surface area contributed by atoms with Gasteiger partial charge in [-0.2, -0.15) is 0 Å². The van der Waals surface area contributed by atoms with Crippen LogP contribution in [0, 0.1) is 6.92 Å². The quantitative estimate of drug-likeness (QED) is 0.477. The number of ether oxygens (including phenoxy) is 1. The fraction of sp³-hybridized carbons (Fsp3) is 0.0556. The SMILES string of the molecule is Cc1ccc(C(=O)Oc2ccc3ccccc3c2Br)cc1. The smallest absolute Gasteiger partial charge is 0.343 e. The summed E-state index contributed by atoms with van der Waals surface area (Å²) < 4.78 is 6.29. The van der Waals surface area contributed by atoms with E-state index < -0.39 is 0 Å². The molecule has 0 bridgehead atoms. The topological polar surface area (TPSA) is 26.3 Å². The van der Waals surface area contributed by atoms with Crippen LogP contribution in [0.5, 0.6) is 5.75 Å². The number of hydrogen-bond acceptors (Lipinski definition) is 2. The highest BCUT2D eigenvalue weighted by Crippen LogP contribution is 2.33. The fourth-order valence-corrected chi connectivity index (χ4v) is 2.72. The molecule has 21 heavy (non-hydrogen) atoms. The monoisotopic (exact) mass is 340 g/mol. The predicted octanol–water partition coefficient (Wildman–Crippen LogP) is 5.13. The maximum Gasteiger partial charge on any atom is 0.343 e. The Morgan fingerprint density at radius 3 is 2.43 bits per heavy atom. The minimum atomic E-state index is -0.356. The van der Waals surface area contributed by atoms with Gasteiger partial charge in [0.1, 0.15) is 5.75 Å². The van der Waals surface area contributed by atoms with Gasteiger partial charge in [0.25, 0.3) is 0 Å². The van der Waals surface area contributed by atoms with Gasteiger partial charge in [-0.3, -0.25) is 0 Å². The van der Waals surface area contributed by atoms with Crippen LogP contribution in [-0.4, -0.2) is 5.97 Å². The fourth-order valence-electron chi connectivity index (χ4n) is 2.14. The summed E-state index contributed by atoms with van der Waals surface area (Å²) in [7, 11) is 0. The summed E-state index contributed by atoms with van der Waals surface area (Å²) in [4.78, 5) is 12.2. The molecule has 0 spiro atoms. The molecule has 0 fully saturated rings. The van der Waals surface area contributed by atoms with E-state index >= 15 is 0 Å². The zero-order valence-electron chi connectivity index (χ0n) is 11.5. The van der Waals surface area contributed by atoms with Crippen molar-refractivity contribution in [3.8, 4) is 5.75 Å². The first-order chi connectivity index (χ1) is 10.1. The molecular formula is C18H13BrO2. The van der Waals surface area contributed by atoms with E-state index in [1.807, 2.05) is 49.4 Å². The second-order valence-electron chi connectivity index (χ2n) is 4.85. The molecule has 0 heterocycles. The molecule has 0 aliphatic rings. The van der Waals surface area contributed by atoms with Crippen LogP contribution < -0.4 is 4.74 Å². The van der Waals surface area contributed by atoms with Crippen LogP contribution >= 0.6 is 15.9 Å². The van der Waals surface area contributed by atoms with Gasteiger partial charge < -0.3 is 4.74 Å². The Morgan fingerprint density at radius 1 is 0.952 bits per heavy atom. The molecule has 0 unspecified atom stereocenters. The van der Waals surface area contributed by atoms with Crippen molar-refractivity contribution in [3.63, 3.8) is 0 Å². The summed E-state index contributed by atoms with van der Waals surface area (Å²) in [5.41, 5.74) is 1.65. The molecule has 0 N–H and O–H groups in total. The predicted molar refractivity (Wildman–Crippen MR) is 87.8 cm³/mol. The van der Waals surface area contributed by atoms with E-state index in [0.717, 1.165) is 20.8 Å². The third-order valence-corrected chi connectivity index (χ3v) is 4.14. The Balaban J connectivity index is 1.93. The molecule has 3 aromatic carbocycles. The lowest BCUT2D eigenvalue weighted by Crippen LogP contribution is -2.08. The molecule has 0 atom stereocenters. The molecule has 2 nitrogen and oxygen atoms in total. The Hall–Kier alpha value is -2.13. The molecule has 0 radical (unpaired) electrons. The highest BCUT2D eigenvalue weighted by Gasteiger charge is 2.12. The second kappa shape index (κ2) is 5.70. The van der Waals surface area contributed by atoms with Crippen LogP contribution in [0.2, 0.25) is 0 Å². The van der Waals surface area contributed by atoms with E-state index in [1.54, 1.807) is 18.2 Å². The summed E-state index contributed by atoms with van der Waals surface area (Å²) in [6.45, 7) is 1.98. The van der Waals surface area contributed by atoms with Crippen LogP contribution in [0.25, 0.3) is 10.8 Å². The van der Waals surface area contributed by atoms with Gasteiger partial charge in [0, 0.05) is 0 Å². The maximum absolute atomic E-state index is 12.2. The Kier molecular flexibility index (Phi) is 3.76. The van der Waals surface area contributed by atoms with Crippen molar-refractivity contribution in [2.75, 3.05) is 0 Å². The highest BCUT2D eigenvalue weighted by atomic mass is 79.9. The number of carbonyl (C=O) groups is 1. The first-order valence-corrected chi connectivity index (χ1v) is 7.40. The Bertz CT molecular complexity index is 807. The van der Waals surface area contributed by atoms with Crippen molar-refractivity contribution in [2.45, 2.75) is 6.92 Å². The first kappa shape index (κ1) is 13.8. The molecular weight excluding hydrogens is 328 g/mol. The van der Waals surface area contributed by atoms with Crippen LogP contribution in [0.15, 0.2) is 65.1 Å². The molecule has 0 aliphatic carbocycles. The van der Waals surface area contributed by atoms with Gasteiger partial charge >= 0.3 is 5.97 Å². The lowest BCUT2D eigenvalue weighted by Gasteiger charge is -2.09. The molecule has 3 heteroatoms. The number of aryl methyl sites for hydroxylation is 1. The number of benzene rings is 3. The van der Waals surface area contributed by atoms with Crippen LogP contribution in [0.3, 0.4) is 0 Å². The summed E-state index contributed by atoms with van der Waals surface area (Å²) in [6.07, 6.45) is 0. The van der Waals surface area contributed by atoms with Gasteiger partial charge in [-0.1, -0.05) is 48.0 Å². The number of rotatable bonds is 2. The molecule has 3 rings (SSSR count). The van der Waals surface area contributed by atoms with E-state index in [0.29, 0.717) is 11.3 Å². The summed E-state index contributed by atoms with van der Waals surface area (Å²) >= 11 is 3.52. The van der Waals surface area contributed by atoms with E-state index in [9.17, 15) is 4.79 Å². The molecule has 0 saturated heterocycles. The number of fused-ring (bicyclic) bond motifs is 1. The van der Waals surface area contributed by atoms with Crippen molar-refractivity contribution in [1.29, 1.82) is 0 Å². The van der Waals surface area contributed by atoms with Crippen molar-refractivity contribution in [2.24, 2.45) is 0 Å². The van der Waals surface area contributed by atoms with Crippen LogP contribution in [0.4, 0.5) is 0 Å². The van der Waals surface area contributed by atoms with Gasteiger partial charge in [-0.15, -0.1) is 0 Å². The highest BCUT2D eigenvalue weighted by molar-refractivity contribution is 9.10. The van der Waals surface area contributed by atoms with Gasteiger partial charge in [-0.25, -0.2) is 4.79 Å². The summed E-state index contributed by atoms with van der Waals surface area (Å²) in [5, 5.41) is 2.12. The molecule has 0 amide bonds. The number of halogens is 1. The summed E-state index contributed by atoms with van der Waals surface area (Å²) in [6, 6.07) is 19.0. The van der Waals surface area contributed by atoms with Crippen LogP contribution in [-0.2, 0) is 0 Å². The summed E-state index contributed by atoms with van der Waals surface area (Å²) in [5.74, 6) is 0.172. The van der Waals surface area contributed by atoms with E-state index in [2.05, 4.69) is 15.9 Å². The van der Waals surface area contributed by atoms with Crippen LogP contribution in [0.1, 0.15) is 15.9 Å². The molecule has 0 saturated carbocycles. The maximum atomic E-state index is 12.2. The van der Waals surface area contributed by atoms with Crippen molar-refractivity contribution in [3.05, 3.63) is 76.3 Å². The average molecular weight is 341 g/mol. The third-order valence-electron chi connectivity index (χ3n) is 3.32. The average Bonchev–Trinajstić information content (AvgIpc) is 2.51. The Labute approximate surface area is 131 Å². The van der Waals surface area contributed by atoms with E-state index in [1.165, 1.54) is 0 Å². The van der Waals surface area contributed by atoms with E-state index in [4.69, 9.17) is 4.74 Å². The number of esters is 1. The minimum absolute atomic E-state index is 0.356. The lowest BCUT2D eigenvalue weighted by atomic mass is 10.1. The van der Waals surface area contributed by atoms with E-state index in [-0.39, 0.29) is 5.97 Å². The zero-order valence-corrected chi connectivity index (χ0v) is 13.1. The zero-order chi connectivity index (χ0) is 14.8. The minimum Gasteiger partial charge on any atom is -0.422 e. The second-order valence-corrected chi connectivity index (χ2v) is 5.65. The van der Waals surface area contributed by atoms with Crippen molar-refractivity contribution >= 4 is 32.7 Å². The standard InChI is InChI=1S/C18H13BrO2/c1-12-6-8-14(9-7-12)18(20)21-16-11-10-13-4-2-3-5-15(13)17(16)19/h2-11H,1H3. The van der Waals surface area contributed by atoms with Gasteiger partial charge in [0.15, 0.2) is 0 Å². The van der Waals surface area contributed by atoms with Gasteiger partial charge in [0.2, 0.25) is 0 Å². The Morgan fingerprint density at radius 2 is 1.67 bits per heavy atom. The lowest BCUT2D eigenvalue weighted by molar-refractivity contribution is 0.0734. The van der Waals surface area contributed by atoms with Crippen molar-refractivity contribution < 1.29 is 9.53 Å². The van der Waals surface area contributed by atoms with Gasteiger partial charge in [-0.05, 0) is 51.8 Å². The largest absolute Gasteiger partial charge is 0.422 e. The molecule has 0 aliphatic heterocycles. The molecule has 3 aromatic rings. The third kappa shape index (κ3) is 2.83. The first-order valence-electron chi connectivity index (χ1n) is 6.61. The van der Waals surface area contributed by atoms with Gasteiger partial charge in [0.05, 0.1) is 10.0 Å². The molecule has 0 aromatic heterocycles.